The highest BCUT2D eigenvalue weighted by molar-refractivity contribution is 14.0. The average Bonchev–Trinajstić information content (AvgIpc) is 3.14. The fraction of sp³-hybridized carbons (Fsp3) is 0.650. The number of aliphatic imine (C=N–C) groups is 1. The molecule has 0 saturated carbocycles. The number of hydrogen-bond donors (Lipinski definition) is 2. The van der Waals surface area contributed by atoms with Gasteiger partial charge in [0, 0.05) is 25.2 Å². The van der Waals surface area contributed by atoms with Crippen LogP contribution in [0.5, 0.6) is 11.5 Å². The SMILES string of the molecule is CCNC(=NCc1cccc(OCC)c1OC(F)F)NCC1CCN(CC)C1.I. The molecule has 1 aliphatic heterocycles. The van der Waals surface area contributed by atoms with E-state index in [-0.39, 0.29) is 36.3 Å². The number of guanidine groups is 1. The van der Waals surface area contributed by atoms with Crippen molar-refractivity contribution in [3.63, 3.8) is 0 Å². The van der Waals surface area contributed by atoms with Gasteiger partial charge in [0.1, 0.15) is 0 Å². The molecule has 6 nitrogen and oxygen atoms in total. The van der Waals surface area contributed by atoms with E-state index in [4.69, 9.17) is 9.47 Å². The summed E-state index contributed by atoms with van der Waals surface area (Å²) < 4.78 is 35.8. The summed E-state index contributed by atoms with van der Waals surface area (Å²) >= 11 is 0. The Hall–Kier alpha value is -1.36. The van der Waals surface area contributed by atoms with E-state index in [1.54, 1.807) is 25.1 Å². The minimum absolute atomic E-state index is 0. The number of hydrogen-bond acceptors (Lipinski definition) is 4. The Morgan fingerprint density at radius 1 is 1.28 bits per heavy atom. The molecule has 1 aromatic rings. The molecule has 29 heavy (non-hydrogen) atoms. The molecule has 0 bridgehead atoms. The van der Waals surface area contributed by atoms with Gasteiger partial charge in [-0.1, -0.05) is 19.1 Å². The summed E-state index contributed by atoms with van der Waals surface area (Å²) in [4.78, 5) is 6.99. The first kappa shape index (κ1) is 25.7. The van der Waals surface area contributed by atoms with E-state index in [0.717, 1.165) is 32.7 Å². The lowest BCUT2D eigenvalue weighted by Gasteiger charge is -2.17. The summed E-state index contributed by atoms with van der Waals surface area (Å²) in [6.07, 6.45) is 1.17. The maximum Gasteiger partial charge on any atom is 0.387 e. The van der Waals surface area contributed by atoms with Gasteiger partial charge in [-0.2, -0.15) is 8.78 Å². The number of alkyl halides is 2. The van der Waals surface area contributed by atoms with Crippen LogP contribution in [0, 0.1) is 5.92 Å². The second-order valence-corrected chi connectivity index (χ2v) is 6.68. The first-order valence-electron chi connectivity index (χ1n) is 10.0. The molecule has 1 fully saturated rings. The molecular weight excluding hydrogens is 493 g/mol. The Kier molecular flexibility index (Phi) is 12.2. The van der Waals surface area contributed by atoms with E-state index in [1.165, 1.54) is 6.42 Å². The Labute approximate surface area is 189 Å². The topological polar surface area (TPSA) is 58.1 Å². The third-order valence-corrected chi connectivity index (χ3v) is 4.69. The molecule has 0 radical (unpaired) electrons. The maximum absolute atomic E-state index is 12.9. The van der Waals surface area contributed by atoms with E-state index in [0.29, 0.717) is 29.8 Å². The zero-order valence-corrected chi connectivity index (χ0v) is 19.7. The summed E-state index contributed by atoms with van der Waals surface area (Å²) in [5.74, 6) is 1.61. The maximum atomic E-state index is 12.9. The number of nitrogens with one attached hydrogen (secondary N) is 2. The van der Waals surface area contributed by atoms with Crippen molar-refractivity contribution in [1.29, 1.82) is 0 Å². The predicted octanol–water partition coefficient (Wildman–Crippen LogP) is 3.70. The van der Waals surface area contributed by atoms with Crippen LogP contribution in [0.4, 0.5) is 8.78 Å². The minimum atomic E-state index is -2.92. The molecule has 1 saturated heterocycles. The van der Waals surface area contributed by atoms with Crippen molar-refractivity contribution in [3.8, 4) is 11.5 Å². The molecule has 1 atom stereocenters. The average molecular weight is 526 g/mol. The molecule has 0 aromatic heterocycles. The van der Waals surface area contributed by atoms with Gasteiger partial charge in [0.05, 0.1) is 13.2 Å². The van der Waals surface area contributed by atoms with Crippen molar-refractivity contribution in [3.05, 3.63) is 23.8 Å². The van der Waals surface area contributed by atoms with Gasteiger partial charge in [-0.05, 0) is 45.3 Å². The Morgan fingerprint density at radius 2 is 2.07 bits per heavy atom. The van der Waals surface area contributed by atoms with Crippen LogP contribution >= 0.6 is 24.0 Å². The highest BCUT2D eigenvalue weighted by Gasteiger charge is 2.21. The Bertz CT molecular complexity index is 634. The standard InChI is InChI=1S/C20H32F2N4O2.HI/c1-4-23-20(24-12-15-10-11-26(5-2)14-15)25-13-16-8-7-9-17(27-6-3)18(16)28-19(21)22;/h7-9,15,19H,4-6,10-14H2,1-3H3,(H2,23,24,25);1H. The third-order valence-electron chi connectivity index (χ3n) is 4.69. The summed E-state index contributed by atoms with van der Waals surface area (Å²) in [5, 5.41) is 6.58. The fourth-order valence-electron chi connectivity index (χ4n) is 3.29. The molecule has 2 rings (SSSR count). The zero-order valence-electron chi connectivity index (χ0n) is 17.4. The number of halogens is 3. The number of ether oxygens (including phenoxy) is 2. The van der Waals surface area contributed by atoms with E-state index in [9.17, 15) is 8.78 Å². The van der Waals surface area contributed by atoms with E-state index in [1.807, 2.05) is 6.92 Å². The van der Waals surface area contributed by atoms with Crippen LogP contribution in [0.2, 0.25) is 0 Å². The first-order chi connectivity index (χ1) is 13.6. The summed E-state index contributed by atoms with van der Waals surface area (Å²) in [6, 6.07) is 5.10. The van der Waals surface area contributed by atoms with Crippen molar-refractivity contribution in [2.75, 3.05) is 39.3 Å². The lowest BCUT2D eigenvalue weighted by Crippen LogP contribution is -2.40. The van der Waals surface area contributed by atoms with E-state index < -0.39 is 6.61 Å². The molecule has 1 heterocycles. The van der Waals surface area contributed by atoms with Gasteiger partial charge in [0.15, 0.2) is 17.5 Å². The summed E-state index contributed by atoms with van der Waals surface area (Å²) in [5.41, 5.74) is 0.557. The molecule has 2 N–H and O–H groups in total. The highest BCUT2D eigenvalue weighted by Crippen LogP contribution is 2.33. The number of rotatable bonds is 10. The molecule has 1 aromatic carbocycles. The third kappa shape index (κ3) is 8.49. The van der Waals surface area contributed by atoms with Gasteiger partial charge >= 0.3 is 6.61 Å². The molecule has 0 aliphatic carbocycles. The van der Waals surface area contributed by atoms with Crippen molar-refractivity contribution >= 4 is 29.9 Å². The highest BCUT2D eigenvalue weighted by atomic mass is 127. The fourth-order valence-corrected chi connectivity index (χ4v) is 3.29. The predicted molar refractivity (Wildman–Crippen MR) is 123 cm³/mol. The molecule has 0 amide bonds. The van der Waals surface area contributed by atoms with Crippen LogP contribution in [-0.2, 0) is 6.54 Å². The second-order valence-electron chi connectivity index (χ2n) is 6.68. The van der Waals surface area contributed by atoms with Crippen LogP contribution in [-0.4, -0.2) is 56.8 Å². The van der Waals surface area contributed by atoms with Crippen LogP contribution in [0.1, 0.15) is 32.8 Å². The molecule has 0 spiro atoms. The van der Waals surface area contributed by atoms with Gasteiger partial charge in [0.2, 0.25) is 0 Å². The van der Waals surface area contributed by atoms with Crippen molar-refractivity contribution < 1.29 is 18.3 Å². The lowest BCUT2D eigenvalue weighted by atomic mass is 10.1. The molecule has 9 heteroatoms. The smallest absolute Gasteiger partial charge is 0.387 e. The van der Waals surface area contributed by atoms with Gasteiger partial charge < -0.3 is 25.0 Å². The van der Waals surface area contributed by atoms with E-state index >= 15 is 0 Å². The molecule has 166 valence electrons. The number of benzene rings is 1. The summed E-state index contributed by atoms with van der Waals surface area (Å²) in [6.45, 7) is 8.49. The molecule has 1 aliphatic rings. The number of nitrogens with zero attached hydrogens (tertiary/aromatic N) is 2. The normalized spacial score (nSPS) is 17.2. The minimum Gasteiger partial charge on any atom is -0.490 e. The van der Waals surface area contributed by atoms with Crippen LogP contribution in [0.3, 0.4) is 0 Å². The van der Waals surface area contributed by atoms with Gasteiger partial charge in [-0.15, -0.1) is 24.0 Å². The Balaban J connectivity index is 0.00000420. The summed E-state index contributed by atoms with van der Waals surface area (Å²) in [7, 11) is 0. The Morgan fingerprint density at radius 3 is 2.69 bits per heavy atom. The van der Waals surface area contributed by atoms with Gasteiger partial charge in [-0.3, -0.25) is 0 Å². The van der Waals surface area contributed by atoms with Crippen molar-refractivity contribution in [2.24, 2.45) is 10.9 Å². The second kappa shape index (κ2) is 13.8. The number of para-hydroxylation sites is 1. The quantitative estimate of drug-likeness (QED) is 0.277. The first-order valence-corrected chi connectivity index (χ1v) is 10.0. The molecular formula is C20H33F2IN4O2. The van der Waals surface area contributed by atoms with Crippen molar-refractivity contribution in [1.82, 2.24) is 15.5 Å². The largest absolute Gasteiger partial charge is 0.490 e. The zero-order chi connectivity index (χ0) is 20.4. The molecule has 1 unspecified atom stereocenters. The van der Waals surface area contributed by atoms with Gasteiger partial charge in [0.25, 0.3) is 0 Å². The van der Waals surface area contributed by atoms with Crippen LogP contribution in [0.25, 0.3) is 0 Å². The number of likely N-dealkylation sites (tertiary alicyclic amines) is 1. The van der Waals surface area contributed by atoms with Crippen LogP contribution < -0.4 is 20.1 Å². The van der Waals surface area contributed by atoms with Crippen LogP contribution in [0.15, 0.2) is 23.2 Å². The van der Waals surface area contributed by atoms with Gasteiger partial charge in [-0.25, -0.2) is 4.99 Å². The lowest BCUT2D eigenvalue weighted by molar-refractivity contribution is -0.0520. The monoisotopic (exact) mass is 526 g/mol. The van der Waals surface area contributed by atoms with Crippen molar-refractivity contribution in [2.45, 2.75) is 40.3 Å². The van der Waals surface area contributed by atoms with E-state index in [2.05, 4.69) is 27.4 Å².